The third kappa shape index (κ3) is 1.97. The number of benzene rings is 1. The maximum atomic E-state index is 5.86. The molecule has 1 N–H and O–H groups in total. The Hall–Kier alpha value is -0.860. The van der Waals surface area contributed by atoms with Gasteiger partial charge in [-0.2, -0.15) is 0 Å². The van der Waals surface area contributed by atoms with Crippen LogP contribution < -0.4 is 5.32 Å². The molecule has 76 valence electrons. The van der Waals surface area contributed by atoms with Gasteiger partial charge in [0.25, 0.3) is 0 Å². The molecule has 1 aliphatic heterocycles. The molecule has 0 radical (unpaired) electrons. The van der Waals surface area contributed by atoms with Crippen LogP contribution in [0, 0.1) is 6.92 Å². The lowest BCUT2D eigenvalue weighted by Crippen LogP contribution is -2.33. The quantitative estimate of drug-likeness (QED) is 0.736. The van der Waals surface area contributed by atoms with Gasteiger partial charge >= 0.3 is 0 Å². The molecule has 1 aliphatic rings. The maximum absolute atomic E-state index is 5.86. The lowest BCUT2D eigenvalue weighted by molar-refractivity contribution is -0.0241. The average molecular weight is 191 g/mol. The molecule has 1 aromatic rings. The molecule has 0 aliphatic carbocycles. The Bertz CT molecular complexity index is 316. The van der Waals surface area contributed by atoms with Crippen molar-refractivity contribution in [1.29, 1.82) is 0 Å². The second kappa shape index (κ2) is 3.37. The zero-order valence-electron chi connectivity index (χ0n) is 9.00. The van der Waals surface area contributed by atoms with Gasteiger partial charge in [-0.25, -0.2) is 0 Å². The van der Waals surface area contributed by atoms with E-state index in [1.165, 1.54) is 11.1 Å². The Morgan fingerprint density at radius 1 is 1.29 bits per heavy atom. The summed E-state index contributed by atoms with van der Waals surface area (Å²) in [6, 6.07) is 8.54. The van der Waals surface area contributed by atoms with Gasteiger partial charge < -0.3 is 4.74 Å². The average Bonchev–Trinajstić information content (AvgIpc) is 2.47. The number of rotatable bonds is 1. The van der Waals surface area contributed by atoms with E-state index in [2.05, 4.69) is 50.4 Å². The van der Waals surface area contributed by atoms with E-state index in [4.69, 9.17) is 4.74 Å². The van der Waals surface area contributed by atoms with E-state index in [0.29, 0.717) is 0 Å². The summed E-state index contributed by atoms with van der Waals surface area (Å²) in [5, 5.41) is 3.34. The van der Waals surface area contributed by atoms with Crippen molar-refractivity contribution in [2.24, 2.45) is 0 Å². The van der Waals surface area contributed by atoms with Crippen LogP contribution in [0.25, 0.3) is 0 Å². The SMILES string of the molecule is Cc1ccc([C@@H]2CNC(C)(C)O2)cc1. The molecule has 1 atom stereocenters. The van der Waals surface area contributed by atoms with E-state index in [9.17, 15) is 0 Å². The van der Waals surface area contributed by atoms with Crippen LogP contribution in [-0.2, 0) is 4.74 Å². The fourth-order valence-electron chi connectivity index (χ4n) is 1.74. The summed E-state index contributed by atoms with van der Waals surface area (Å²) in [6.45, 7) is 7.11. The molecule has 0 aromatic heterocycles. The highest BCUT2D eigenvalue weighted by molar-refractivity contribution is 5.24. The first kappa shape index (κ1) is 9.69. The van der Waals surface area contributed by atoms with Crippen molar-refractivity contribution in [3.8, 4) is 0 Å². The van der Waals surface area contributed by atoms with Crippen LogP contribution in [-0.4, -0.2) is 12.3 Å². The van der Waals surface area contributed by atoms with Gasteiger partial charge in [0.2, 0.25) is 0 Å². The minimum atomic E-state index is -0.185. The highest BCUT2D eigenvalue weighted by Crippen LogP contribution is 2.27. The highest BCUT2D eigenvalue weighted by atomic mass is 16.5. The molecule has 0 amide bonds. The molecule has 1 saturated heterocycles. The van der Waals surface area contributed by atoms with Gasteiger partial charge in [-0.3, -0.25) is 5.32 Å². The molecule has 0 spiro atoms. The third-order valence-electron chi connectivity index (χ3n) is 2.60. The minimum Gasteiger partial charge on any atom is -0.352 e. The maximum Gasteiger partial charge on any atom is 0.114 e. The van der Waals surface area contributed by atoms with Gasteiger partial charge in [-0.1, -0.05) is 29.8 Å². The fourth-order valence-corrected chi connectivity index (χ4v) is 1.74. The largest absolute Gasteiger partial charge is 0.352 e. The first-order valence-corrected chi connectivity index (χ1v) is 5.06. The molecular formula is C12H17NO. The molecule has 1 heterocycles. The van der Waals surface area contributed by atoms with Crippen LogP contribution in [0.1, 0.15) is 31.1 Å². The Morgan fingerprint density at radius 3 is 2.43 bits per heavy atom. The number of ether oxygens (including phenoxy) is 1. The van der Waals surface area contributed by atoms with Gasteiger partial charge in [0, 0.05) is 6.54 Å². The van der Waals surface area contributed by atoms with Gasteiger partial charge in [-0.05, 0) is 26.3 Å². The monoisotopic (exact) mass is 191 g/mol. The molecule has 0 unspecified atom stereocenters. The normalized spacial score (nSPS) is 25.2. The summed E-state index contributed by atoms with van der Waals surface area (Å²) < 4.78 is 5.86. The molecule has 2 rings (SSSR count). The number of hydrogen-bond acceptors (Lipinski definition) is 2. The fraction of sp³-hybridized carbons (Fsp3) is 0.500. The zero-order chi connectivity index (χ0) is 10.2. The minimum absolute atomic E-state index is 0.185. The number of nitrogens with one attached hydrogen (secondary N) is 1. The summed E-state index contributed by atoms with van der Waals surface area (Å²) in [6.07, 6.45) is 0.200. The molecule has 14 heavy (non-hydrogen) atoms. The highest BCUT2D eigenvalue weighted by Gasteiger charge is 2.31. The second-order valence-corrected chi connectivity index (χ2v) is 4.41. The molecule has 2 heteroatoms. The van der Waals surface area contributed by atoms with Gasteiger partial charge in [-0.15, -0.1) is 0 Å². The van der Waals surface area contributed by atoms with Crippen LogP contribution in [0.2, 0.25) is 0 Å². The van der Waals surface area contributed by atoms with E-state index in [1.54, 1.807) is 0 Å². The Balaban J connectivity index is 2.14. The number of aryl methyl sites for hydroxylation is 1. The Labute approximate surface area is 85.3 Å². The van der Waals surface area contributed by atoms with E-state index in [1.807, 2.05) is 0 Å². The zero-order valence-corrected chi connectivity index (χ0v) is 9.00. The molecule has 0 saturated carbocycles. The predicted octanol–water partition coefficient (Wildman–Crippen LogP) is 2.39. The Kier molecular flexibility index (Phi) is 2.33. The van der Waals surface area contributed by atoms with Gasteiger partial charge in [0.1, 0.15) is 5.72 Å². The number of hydrogen-bond donors (Lipinski definition) is 1. The summed E-state index contributed by atoms with van der Waals surface area (Å²) in [5.41, 5.74) is 2.36. The Morgan fingerprint density at radius 2 is 1.93 bits per heavy atom. The van der Waals surface area contributed by atoms with E-state index >= 15 is 0 Å². The van der Waals surface area contributed by atoms with Gasteiger partial charge in [0.05, 0.1) is 6.10 Å². The molecule has 0 bridgehead atoms. The second-order valence-electron chi connectivity index (χ2n) is 4.41. The first-order chi connectivity index (χ1) is 6.57. The molecule has 2 nitrogen and oxygen atoms in total. The standard InChI is InChI=1S/C12H17NO/c1-9-4-6-10(7-5-9)11-8-13-12(2,3)14-11/h4-7,11,13H,8H2,1-3H3/t11-/m0/s1. The van der Waals surface area contributed by atoms with Crippen molar-refractivity contribution < 1.29 is 4.74 Å². The van der Waals surface area contributed by atoms with Crippen molar-refractivity contribution in [2.75, 3.05) is 6.54 Å². The predicted molar refractivity (Wildman–Crippen MR) is 57.1 cm³/mol. The van der Waals surface area contributed by atoms with E-state index in [0.717, 1.165) is 6.54 Å². The van der Waals surface area contributed by atoms with Crippen molar-refractivity contribution in [1.82, 2.24) is 5.32 Å². The van der Waals surface area contributed by atoms with Crippen LogP contribution in [0.15, 0.2) is 24.3 Å². The summed E-state index contributed by atoms with van der Waals surface area (Å²) in [4.78, 5) is 0. The topological polar surface area (TPSA) is 21.3 Å². The summed E-state index contributed by atoms with van der Waals surface area (Å²) >= 11 is 0. The van der Waals surface area contributed by atoms with E-state index < -0.39 is 0 Å². The van der Waals surface area contributed by atoms with E-state index in [-0.39, 0.29) is 11.8 Å². The molecule has 1 aromatic carbocycles. The lowest BCUT2D eigenvalue weighted by Gasteiger charge is -2.18. The van der Waals surface area contributed by atoms with Crippen molar-refractivity contribution in [3.63, 3.8) is 0 Å². The van der Waals surface area contributed by atoms with Crippen LogP contribution in [0.3, 0.4) is 0 Å². The molecular weight excluding hydrogens is 174 g/mol. The molecule has 1 fully saturated rings. The third-order valence-corrected chi connectivity index (χ3v) is 2.60. The van der Waals surface area contributed by atoms with Crippen molar-refractivity contribution in [3.05, 3.63) is 35.4 Å². The summed E-state index contributed by atoms with van der Waals surface area (Å²) in [7, 11) is 0. The van der Waals surface area contributed by atoms with Crippen molar-refractivity contribution >= 4 is 0 Å². The summed E-state index contributed by atoms with van der Waals surface area (Å²) in [5.74, 6) is 0. The smallest absolute Gasteiger partial charge is 0.114 e. The van der Waals surface area contributed by atoms with Crippen LogP contribution >= 0.6 is 0 Å². The lowest BCUT2D eigenvalue weighted by atomic mass is 10.1. The van der Waals surface area contributed by atoms with Crippen LogP contribution in [0.4, 0.5) is 0 Å². The van der Waals surface area contributed by atoms with Gasteiger partial charge in [0.15, 0.2) is 0 Å². The van der Waals surface area contributed by atoms with Crippen LogP contribution in [0.5, 0.6) is 0 Å². The first-order valence-electron chi connectivity index (χ1n) is 5.06. The van der Waals surface area contributed by atoms with Crippen molar-refractivity contribution in [2.45, 2.75) is 32.6 Å².